The van der Waals surface area contributed by atoms with Gasteiger partial charge in [-0.15, -0.1) is 0 Å². The number of rotatable bonds is 9. The summed E-state index contributed by atoms with van der Waals surface area (Å²) in [6, 6.07) is 6.79. The molecular formula is C18H26N2O4P2. The maximum Gasteiger partial charge on any atom is 0.247 e. The Morgan fingerprint density at radius 3 is 1.38 bits per heavy atom. The first-order valence-corrected chi connectivity index (χ1v) is 12.8. The van der Waals surface area contributed by atoms with Gasteiger partial charge in [0.15, 0.2) is 0 Å². The van der Waals surface area contributed by atoms with Crippen LogP contribution in [-0.2, 0) is 9.13 Å². The Labute approximate surface area is 155 Å². The van der Waals surface area contributed by atoms with Crippen molar-refractivity contribution in [1.29, 1.82) is 0 Å². The second-order valence-electron chi connectivity index (χ2n) is 5.83. The van der Waals surface area contributed by atoms with E-state index in [-0.39, 0.29) is 0 Å². The summed E-state index contributed by atoms with van der Waals surface area (Å²) in [6.07, 6.45) is 5.10. The van der Waals surface area contributed by atoms with E-state index in [0.29, 0.717) is 47.5 Å². The van der Waals surface area contributed by atoms with Crippen LogP contribution in [0.4, 0.5) is 0 Å². The summed E-state index contributed by atoms with van der Waals surface area (Å²) in [5.74, 6) is 1.01. The van der Waals surface area contributed by atoms with Crippen LogP contribution in [0.25, 0.3) is 11.4 Å². The second-order valence-corrected chi connectivity index (χ2v) is 12.0. The molecule has 0 amide bonds. The fourth-order valence-electron chi connectivity index (χ4n) is 2.31. The molecule has 2 aromatic rings. The van der Waals surface area contributed by atoms with E-state index in [1.165, 1.54) is 0 Å². The third kappa shape index (κ3) is 5.18. The van der Waals surface area contributed by atoms with Gasteiger partial charge in [-0.25, -0.2) is 0 Å². The fourth-order valence-corrected chi connectivity index (χ4v) is 4.71. The third-order valence-corrected chi connectivity index (χ3v) is 9.14. The molecule has 2 heterocycles. The Kier molecular flexibility index (Phi) is 7.02. The minimum Gasteiger partial charge on any atom is -0.443 e. The van der Waals surface area contributed by atoms with E-state index < -0.39 is 14.7 Å². The molecule has 0 bridgehead atoms. The Morgan fingerprint density at radius 1 is 0.731 bits per heavy atom. The Bertz CT molecular complexity index is 756. The molecule has 0 radical (unpaired) electrons. The van der Waals surface area contributed by atoms with Crippen molar-refractivity contribution in [2.45, 2.75) is 27.7 Å². The van der Waals surface area contributed by atoms with Crippen molar-refractivity contribution in [3.8, 4) is 22.9 Å². The number of pyridine rings is 2. The van der Waals surface area contributed by atoms with E-state index in [1.54, 1.807) is 36.7 Å². The van der Waals surface area contributed by atoms with Crippen molar-refractivity contribution >= 4 is 14.7 Å². The van der Waals surface area contributed by atoms with Crippen LogP contribution in [-0.4, -0.2) is 34.6 Å². The van der Waals surface area contributed by atoms with Crippen molar-refractivity contribution in [2.24, 2.45) is 0 Å². The SMILES string of the molecule is CCP(=O)(CC)Oc1ccnc(-c2cc(OP(=O)(CC)CC)ccn2)c1. The Hall–Kier alpha value is -1.64. The average Bonchev–Trinajstić information content (AvgIpc) is 2.68. The summed E-state index contributed by atoms with van der Waals surface area (Å²) in [5, 5.41) is 0. The molecular weight excluding hydrogens is 370 g/mol. The highest BCUT2D eigenvalue weighted by Gasteiger charge is 2.21. The summed E-state index contributed by atoms with van der Waals surface area (Å²) in [4.78, 5) is 8.62. The van der Waals surface area contributed by atoms with Crippen LogP contribution in [0.15, 0.2) is 36.7 Å². The number of hydrogen-bond donors (Lipinski definition) is 0. The van der Waals surface area contributed by atoms with Gasteiger partial charge in [-0.2, -0.15) is 0 Å². The average molecular weight is 396 g/mol. The molecule has 2 aromatic heterocycles. The van der Waals surface area contributed by atoms with Crippen LogP contribution in [0, 0.1) is 0 Å². The van der Waals surface area contributed by atoms with E-state index in [4.69, 9.17) is 9.05 Å². The highest BCUT2D eigenvalue weighted by atomic mass is 31.2. The van der Waals surface area contributed by atoms with Gasteiger partial charge in [-0.3, -0.25) is 19.1 Å². The molecule has 0 atom stereocenters. The van der Waals surface area contributed by atoms with E-state index in [9.17, 15) is 9.13 Å². The first-order valence-electron chi connectivity index (χ1n) is 8.84. The fraction of sp³-hybridized carbons (Fsp3) is 0.444. The number of aromatic nitrogens is 2. The molecule has 0 N–H and O–H groups in total. The van der Waals surface area contributed by atoms with Crippen LogP contribution in [0.1, 0.15) is 27.7 Å². The highest BCUT2D eigenvalue weighted by molar-refractivity contribution is 7.59. The van der Waals surface area contributed by atoms with Crippen molar-refractivity contribution in [1.82, 2.24) is 9.97 Å². The molecule has 26 heavy (non-hydrogen) atoms. The Morgan fingerprint density at radius 2 is 1.08 bits per heavy atom. The largest absolute Gasteiger partial charge is 0.443 e. The molecule has 0 aliphatic heterocycles. The molecule has 142 valence electrons. The van der Waals surface area contributed by atoms with Crippen LogP contribution in [0.3, 0.4) is 0 Å². The lowest BCUT2D eigenvalue weighted by molar-refractivity contribution is 0.482. The summed E-state index contributed by atoms with van der Waals surface area (Å²) in [6.45, 7) is 7.42. The molecule has 2 rings (SSSR count). The number of hydrogen-bond acceptors (Lipinski definition) is 6. The van der Waals surface area contributed by atoms with E-state index in [0.717, 1.165) is 0 Å². The quantitative estimate of drug-likeness (QED) is 0.518. The minimum atomic E-state index is -2.67. The van der Waals surface area contributed by atoms with Gasteiger partial charge in [0, 0.05) is 49.2 Å². The van der Waals surface area contributed by atoms with Crippen LogP contribution in [0.5, 0.6) is 11.5 Å². The van der Waals surface area contributed by atoms with E-state index in [2.05, 4.69) is 9.97 Å². The Balaban J connectivity index is 2.29. The van der Waals surface area contributed by atoms with Gasteiger partial charge in [-0.05, 0) is 12.1 Å². The first-order chi connectivity index (χ1) is 12.4. The standard InChI is InChI=1S/C18H26N2O4P2/c1-5-25(21,6-2)23-15-9-11-19-17(13-15)18-14-16(10-12-20-18)24-26(22,7-3)8-4/h9-14H,5-8H2,1-4H3. The monoisotopic (exact) mass is 396 g/mol. The molecule has 0 saturated heterocycles. The lowest BCUT2D eigenvalue weighted by Crippen LogP contribution is -2.00. The van der Waals surface area contributed by atoms with Gasteiger partial charge in [0.2, 0.25) is 14.7 Å². The molecule has 0 spiro atoms. The molecule has 0 fully saturated rings. The van der Waals surface area contributed by atoms with Gasteiger partial charge in [0.25, 0.3) is 0 Å². The smallest absolute Gasteiger partial charge is 0.247 e. The van der Waals surface area contributed by atoms with Crippen LogP contribution >= 0.6 is 14.7 Å². The van der Waals surface area contributed by atoms with E-state index in [1.807, 2.05) is 27.7 Å². The highest BCUT2D eigenvalue weighted by Crippen LogP contribution is 2.47. The first kappa shape index (κ1) is 20.7. The molecule has 0 saturated carbocycles. The minimum absolute atomic E-state index is 0.478. The lowest BCUT2D eigenvalue weighted by atomic mass is 10.2. The molecule has 6 nitrogen and oxygen atoms in total. The van der Waals surface area contributed by atoms with Gasteiger partial charge in [-0.1, -0.05) is 27.7 Å². The molecule has 0 unspecified atom stereocenters. The van der Waals surface area contributed by atoms with Crippen LogP contribution < -0.4 is 9.05 Å². The zero-order valence-corrected chi connectivity index (χ0v) is 17.5. The summed E-state index contributed by atoms with van der Waals surface area (Å²) in [7, 11) is -5.34. The third-order valence-electron chi connectivity index (χ3n) is 4.20. The summed E-state index contributed by atoms with van der Waals surface area (Å²) >= 11 is 0. The van der Waals surface area contributed by atoms with Crippen molar-refractivity contribution in [3.05, 3.63) is 36.7 Å². The molecule has 0 aliphatic rings. The molecule has 0 aromatic carbocycles. The lowest BCUT2D eigenvalue weighted by Gasteiger charge is -2.17. The van der Waals surface area contributed by atoms with Gasteiger partial charge < -0.3 is 9.05 Å². The predicted octanol–water partition coefficient (Wildman–Crippen LogP) is 5.54. The second kappa shape index (κ2) is 8.83. The normalized spacial score (nSPS) is 12.0. The van der Waals surface area contributed by atoms with Crippen molar-refractivity contribution in [3.63, 3.8) is 0 Å². The number of nitrogens with zero attached hydrogens (tertiary/aromatic N) is 2. The predicted molar refractivity (Wildman–Crippen MR) is 106 cm³/mol. The van der Waals surface area contributed by atoms with Crippen LogP contribution in [0.2, 0.25) is 0 Å². The van der Waals surface area contributed by atoms with Crippen molar-refractivity contribution < 1.29 is 18.2 Å². The maximum absolute atomic E-state index is 12.5. The molecule has 0 aliphatic carbocycles. The van der Waals surface area contributed by atoms with Crippen molar-refractivity contribution in [2.75, 3.05) is 24.6 Å². The zero-order chi connectivity index (χ0) is 19.2. The topological polar surface area (TPSA) is 78.4 Å². The maximum atomic E-state index is 12.5. The summed E-state index contributed by atoms with van der Waals surface area (Å²) in [5.41, 5.74) is 1.16. The van der Waals surface area contributed by atoms with E-state index >= 15 is 0 Å². The van der Waals surface area contributed by atoms with Gasteiger partial charge in [0.1, 0.15) is 11.5 Å². The zero-order valence-electron chi connectivity index (χ0n) is 15.7. The van der Waals surface area contributed by atoms with Gasteiger partial charge in [0.05, 0.1) is 11.4 Å². The summed E-state index contributed by atoms with van der Waals surface area (Å²) < 4.78 is 36.5. The molecule has 8 heteroatoms. The van der Waals surface area contributed by atoms with Gasteiger partial charge >= 0.3 is 0 Å².